The molecule has 4 nitrogen and oxygen atoms in total. The highest BCUT2D eigenvalue weighted by atomic mass is 32.1. The number of benzene rings is 1. The lowest BCUT2D eigenvalue weighted by Gasteiger charge is -2.45. The van der Waals surface area contributed by atoms with Crippen LogP contribution in [0.5, 0.6) is 11.5 Å². The van der Waals surface area contributed by atoms with Crippen molar-refractivity contribution >= 4 is 17.3 Å². The SMILES string of the molecule is S=C(NCc1ccc2c(c1)OCO2)N1CCC[C@@H]2CCCC[C@H]21. The van der Waals surface area contributed by atoms with Crippen LogP contribution < -0.4 is 14.8 Å². The van der Waals surface area contributed by atoms with Crippen LogP contribution in [-0.2, 0) is 6.54 Å². The molecule has 0 radical (unpaired) electrons. The smallest absolute Gasteiger partial charge is 0.231 e. The molecule has 1 aromatic carbocycles. The van der Waals surface area contributed by atoms with E-state index in [0.717, 1.165) is 35.6 Å². The zero-order valence-corrected chi connectivity index (χ0v) is 14.2. The molecule has 1 saturated heterocycles. The van der Waals surface area contributed by atoms with Gasteiger partial charge in [-0.3, -0.25) is 0 Å². The first-order valence-electron chi connectivity index (χ1n) is 8.74. The number of nitrogens with one attached hydrogen (secondary N) is 1. The molecule has 0 unspecified atom stereocenters. The van der Waals surface area contributed by atoms with Crippen LogP contribution in [0.1, 0.15) is 44.1 Å². The molecule has 0 spiro atoms. The third kappa shape index (κ3) is 3.11. The van der Waals surface area contributed by atoms with Gasteiger partial charge in [-0.15, -0.1) is 0 Å². The van der Waals surface area contributed by atoms with Crippen molar-refractivity contribution in [1.29, 1.82) is 0 Å². The summed E-state index contributed by atoms with van der Waals surface area (Å²) in [5, 5.41) is 4.37. The Morgan fingerprint density at radius 3 is 2.91 bits per heavy atom. The first-order chi connectivity index (χ1) is 11.3. The lowest BCUT2D eigenvalue weighted by molar-refractivity contribution is 0.118. The van der Waals surface area contributed by atoms with Crippen molar-refractivity contribution in [3.63, 3.8) is 0 Å². The van der Waals surface area contributed by atoms with E-state index in [9.17, 15) is 0 Å². The van der Waals surface area contributed by atoms with Gasteiger partial charge in [-0.1, -0.05) is 18.9 Å². The summed E-state index contributed by atoms with van der Waals surface area (Å²) in [4.78, 5) is 2.45. The van der Waals surface area contributed by atoms with Crippen LogP contribution in [0.4, 0.5) is 0 Å². The van der Waals surface area contributed by atoms with E-state index in [1.165, 1.54) is 44.1 Å². The quantitative estimate of drug-likeness (QED) is 0.839. The van der Waals surface area contributed by atoms with Crippen molar-refractivity contribution in [3.05, 3.63) is 23.8 Å². The highest BCUT2D eigenvalue weighted by Gasteiger charge is 2.34. The molecule has 2 fully saturated rings. The number of hydrogen-bond acceptors (Lipinski definition) is 3. The van der Waals surface area contributed by atoms with Gasteiger partial charge in [0, 0.05) is 19.1 Å². The topological polar surface area (TPSA) is 33.7 Å². The zero-order valence-electron chi connectivity index (χ0n) is 13.4. The second kappa shape index (κ2) is 6.56. The molecule has 124 valence electrons. The molecule has 1 aliphatic carbocycles. The maximum Gasteiger partial charge on any atom is 0.231 e. The van der Waals surface area contributed by atoms with Crippen LogP contribution in [0.25, 0.3) is 0 Å². The average molecular weight is 332 g/mol. The van der Waals surface area contributed by atoms with Crippen molar-refractivity contribution in [3.8, 4) is 11.5 Å². The normalized spacial score (nSPS) is 25.8. The number of ether oxygens (including phenoxy) is 2. The van der Waals surface area contributed by atoms with Gasteiger partial charge in [0.1, 0.15) is 0 Å². The van der Waals surface area contributed by atoms with Crippen molar-refractivity contribution in [2.45, 2.75) is 51.1 Å². The Morgan fingerprint density at radius 2 is 1.96 bits per heavy atom. The molecule has 1 N–H and O–H groups in total. The van der Waals surface area contributed by atoms with E-state index in [0.29, 0.717) is 12.8 Å². The summed E-state index contributed by atoms with van der Waals surface area (Å²) in [6, 6.07) is 6.75. The van der Waals surface area contributed by atoms with Crippen LogP contribution in [0.15, 0.2) is 18.2 Å². The Morgan fingerprint density at radius 1 is 1.13 bits per heavy atom. The predicted molar refractivity (Wildman–Crippen MR) is 93.7 cm³/mol. The van der Waals surface area contributed by atoms with Crippen LogP contribution in [-0.4, -0.2) is 29.4 Å². The van der Waals surface area contributed by atoms with Gasteiger partial charge in [-0.05, 0) is 61.5 Å². The molecule has 2 aliphatic heterocycles. The minimum absolute atomic E-state index is 0.321. The summed E-state index contributed by atoms with van der Waals surface area (Å²) in [6.07, 6.45) is 8.08. The van der Waals surface area contributed by atoms with Gasteiger partial charge in [0.05, 0.1) is 0 Å². The monoisotopic (exact) mass is 332 g/mol. The Kier molecular flexibility index (Phi) is 4.29. The number of rotatable bonds is 2. The highest BCUT2D eigenvalue weighted by Crippen LogP contribution is 2.35. The summed E-state index contributed by atoms with van der Waals surface area (Å²) in [5.41, 5.74) is 1.17. The maximum absolute atomic E-state index is 5.70. The lowest BCUT2D eigenvalue weighted by Crippen LogP contribution is -2.52. The fourth-order valence-corrected chi connectivity index (χ4v) is 4.51. The van der Waals surface area contributed by atoms with E-state index < -0.39 is 0 Å². The molecule has 1 aromatic rings. The number of piperidine rings is 1. The molecule has 0 aromatic heterocycles. The summed E-state index contributed by atoms with van der Waals surface area (Å²) in [7, 11) is 0. The molecular formula is C18H24N2O2S. The molecule has 0 bridgehead atoms. The van der Waals surface area contributed by atoms with E-state index in [2.05, 4.69) is 16.3 Å². The Labute approximate surface area is 143 Å². The summed E-state index contributed by atoms with van der Waals surface area (Å²) < 4.78 is 10.8. The minimum atomic E-state index is 0.321. The van der Waals surface area contributed by atoms with Gasteiger partial charge in [-0.2, -0.15) is 0 Å². The number of nitrogens with zero attached hydrogens (tertiary/aromatic N) is 1. The number of hydrogen-bond donors (Lipinski definition) is 1. The van der Waals surface area contributed by atoms with E-state index in [1.807, 2.05) is 12.1 Å². The Balaban J connectivity index is 1.37. The van der Waals surface area contributed by atoms with Gasteiger partial charge in [0.15, 0.2) is 16.6 Å². The molecular weight excluding hydrogens is 308 g/mol. The molecule has 1 saturated carbocycles. The van der Waals surface area contributed by atoms with Gasteiger partial charge < -0.3 is 19.7 Å². The second-order valence-corrected chi connectivity index (χ2v) is 7.18. The third-order valence-electron chi connectivity index (χ3n) is 5.38. The highest BCUT2D eigenvalue weighted by molar-refractivity contribution is 7.80. The second-order valence-electron chi connectivity index (χ2n) is 6.79. The van der Waals surface area contributed by atoms with Crippen molar-refractivity contribution in [2.24, 2.45) is 5.92 Å². The fourth-order valence-electron chi connectivity index (χ4n) is 4.21. The molecule has 2 atom stereocenters. The summed E-state index contributed by atoms with van der Waals surface area (Å²) in [6.45, 7) is 2.17. The van der Waals surface area contributed by atoms with Gasteiger partial charge in [0.2, 0.25) is 6.79 Å². The van der Waals surface area contributed by atoms with Crippen molar-refractivity contribution < 1.29 is 9.47 Å². The number of thiocarbonyl (C=S) groups is 1. The Hall–Kier alpha value is -1.49. The van der Waals surface area contributed by atoms with Crippen molar-refractivity contribution in [2.75, 3.05) is 13.3 Å². The van der Waals surface area contributed by atoms with E-state index in [1.54, 1.807) is 0 Å². The first kappa shape index (κ1) is 15.1. The zero-order chi connectivity index (χ0) is 15.6. The van der Waals surface area contributed by atoms with Gasteiger partial charge in [-0.25, -0.2) is 0 Å². The van der Waals surface area contributed by atoms with Crippen LogP contribution in [0.3, 0.4) is 0 Å². The summed E-state index contributed by atoms with van der Waals surface area (Å²) in [5.74, 6) is 2.51. The van der Waals surface area contributed by atoms with Crippen molar-refractivity contribution in [1.82, 2.24) is 10.2 Å². The predicted octanol–water partition coefficient (Wildman–Crippen LogP) is 3.44. The lowest BCUT2D eigenvalue weighted by atomic mass is 9.78. The van der Waals surface area contributed by atoms with E-state index in [4.69, 9.17) is 21.7 Å². The molecule has 23 heavy (non-hydrogen) atoms. The molecule has 0 amide bonds. The molecule has 5 heteroatoms. The Bertz CT molecular complexity index is 590. The largest absolute Gasteiger partial charge is 0.454 e. The van der Waals surface area contributed by atoms with E-state index >= 15 is 0 Å². The fraction of sp³-hybridized carbons (Fsp3) is 0.611. The molecule has 2 heterocycles. The van der Waals surface area contributed by atoms with Gasteiger partial charge >= 0.3 is 0 Å². The molecule has 4 rings (SSSR count). The number of likely N-dealkylation sites (tertiary alicyclic amines) is 1. The number of fused-ring (bicyclic) bond motifs is 2. The van der Waals surface area contributed by atoms with Crippen LogP contribution >= 0.6 is 12.2 Å². The van der Waals surface area contributed by atoms with Crippen LogP contribution in [0, 0.1) is 5.92 Å². The van der Waals surface area contributed by atoms with Gasteiger partial charge in [0.25, 0.3) is 0 Å². The average Bonchev–Trinajstić information content (AvgIpc) is 3.07. The summed E-state index contributed by atoms with van der Waals surface area (Å²) >= 11 is 5.70. The first-order valence-corrected chi connectivity index (χ1v) is 9.15. The standard InChI is InChI=1S/C18H24N2O2S/c23-18(20-9-3-5-14-4-1-2-6-15(14)20)19-11-13-7-8-16-17(10-13)22-12-21-16/h7-8,10,14-15H,1-6,9,11-12H2,(H,19,23)/t14-,15+/m0/s1. The van der Waals surface area contributed by atoms with E-state index in [-0.39, 0.29) is 0 Å². The minimum Gasteiger partial charge on any atom is -0.454 e. The third-order valence-corrected chi connectivity index (χ3v) is 5.76. The van der Waals surface area contributed by atoms with Crippen LogP contribution in [0.2, 0.25) is 0 Å². The maximum atomic E-state index is 5.70. The molecule has 3 aliphatic rings.